The van der Waals surface area contributed by atoms with E-state index in [4.69, 9.17) is 16.1 Å². The number of fused-ring (bicyclic) bond motifs is 6. The normalized spacial score (nSPS) is 25.8. The molecular formula is C19H17ClN8O2. The van der Waals surface area contributed by atoms with Crippen molar-refractivity contribution in [2.24, 2.45) is 4.99 Å². The Morgan fingerprint density at radius 2 is 2.07 bits per heavy atom. The number of benzene rings is 1. The molecule has 30 heavy (non-hydrogen) atoms. The molecule has 1 saturated carbocycles. The van der Waals surface area contributed by atoms with Gasteiger partial charge in [-0.25, -0.2) is 14.9 Å². The number of hydrogen-bond acceptors (Lipinski definition) is 10. The molecule has 1 fully saturated rings. The van der Waals surface area contributed by atoms with Crippen LogP contribution < -0.4 is 9.91 Å². The maximum absolute atomic E-state index is 10.8. The van der Waals surface area contributed by atoms with Crippen LogP contribution in [-0.4, -0.2) is 37.1 Å². The van der Waals surface area contributed by atoms with Crippen molar-refractivity contribution in [3.8, 4) is 6.19 Å². The van der Waals surface area contributed by atoms with Crippen molar-refractivity contribution in [2.45, 2.75) is 43.1 Å². The van der Waals surface area contributed by atoms with Gasteiger partial charge >= 0.3 is 6.01 Å². The third-order valence-electron chi connectivity index (χ3n) is 6.01. The molecule has 1 aromatic carbocycles. The highest BCUT2D eigenvalue weighted by Gasteiger charge is 2.48. The van der Waals surface area contributed by atoms with E-state index in [-0.39, 0.29) is 18.0 Å². The standard InChI is InChI=1S/C19H17ClN8O2/c20-17-25(10-21)9-14-27(17)13-6-2-1-5-12(13)15-22-11-26(28(14)15)18-23-16(24-30-18)19(29)7-3-4-8-19/h1-2,5-6,9,11,15,17,29H,3-4,7-8H2. The number of halogens is 1. The van der Waals surface area contributed by atoms with Gasteiger partial charge in [0.25, 0.3) is 0 Å². The molecule has 10 nitrogen and oxygen atoms in total. The van der Waals surface area contributed by atoms with Crippen LogP contribution in [0.2, 0.25) is 0 Å². The van der Waals surface area contributed by atoms with E-state index < -0.39 is 11.2 Å². The molecule has 152 valence electrons. The fraction of sp³-hybridized carbons (Fsp3) is 0.368. The smallest absolute Gasteiger partial charge is 0.348 e. The summed E-state index contributed by atoms with van der Waals surface area (Å²) in [7, 11) is 0. The van der Waals surface area contributed by atoms with Gasteiger partial charge in [0.2, 0.25) is 5.82 Å². The molecule has 4 heterocycles. The number of para-hydroxylation sites is 1. The van der Waals surface area contributed by atoms with E-state index in [0.717, 1.165) is 24.1 Å². The van der Waals surface area contributed by atoms with Gasteiger partial charge in [-0.15, -0.1) is 0 Å². The number of nitriles is 1. The summed E-state index contributed by atoms with van der Waals surface area (Å²) in [5.74, 6) is 0.951. The zero-order chi connectivity index (χ0) is 20.5. The van der Waals surface area contributed by atoms with Crippen LogP contribution >= 0.6 is 11.6 Å². The Kier molecular flexibility index (Phi) is 3.57. The van der Waals surface area contributed by atoms with E-state index in [1.54, 1.807) is 17.5 Å². The molecular weight excluding hydrogens is 408 g/mol. The van der Waals surface area contributed by atoms with Gasteiger partial charge in [0.1, 0.15) is 11.9 Å². The van der Waals surface area contributed by atoms with Crippen LogP contribution in [0.25, 0.3) is 0 Å². The van der Waals surface area contributed by atoms with Gasteiger partial charge < -0.3 is 9.63 Å². The fourth-order valence-electron chi connectivity index (χ4n) is 4.52. The van der Waals surface area contributed by atoms with E-state index in [2.05, 4.69) is 21.3 Å². The Morgan fingerprint density at radius 1 is 1.27 bits per heavy atom. The zero-order valence-corrected chi connectivity index (χ0v) is 16.5. The Labute approximate surface area is 176 Å². The molecule has 6 rings (SSSR count). The predicted octanol–water partition coefficient (Wildman–Crippen LogP) is 2.53. The molecule has 1 N–H and O–H groups in total. The van der Waals surface area contributed by atoms with Gasteiger partial charge in [-0.1, -0.05) is 35.0 Å². The minimum atomic E-state index is -1.05. The van der Waals surface area contributed by atoms with Crippen LogP contribution in [-0.2, 0) is 5.60 Å². The first-order chi connectivity index (χ1) is 14.6. The highest BCUT2D eigenvalue weighted by Crippen LogP contribution is 2.48. The number of rotatable bonds is 2. The molecule has 1 aliphatic carbocycles. The number of aliphatic hydroxyl groups is 1. The maximum atomic E-state index is 10.8. The van der Waals surface area contributed by atoms with Crippen molar-refractivity contribution in [2.75, 3.05) is 9.91 Å². The van der Waals surface area contributed by atoms with Crippen LogP contribution in [0.4, 0.5) is 11.7 Å². The van der Waals surface area contributed by atoms with Gasteiger partial charge in [-0.2, -0.15) is 15.3 Å². The van der Waals surface area contributed by atoms with Crippen LogP contribution in [0.3, 0.4) is 0 Å². The fourth-order valence-corrected chi connectivity index (χ4v) is 4.83. The Hall–Kier alpha value is -3.29. The third kappa shape index (κ3) is 2.24. The highest BCUT2D eigenvalue weighted by molar-refractivity contribution is 6.22. The number of alkyl halides is 1. The first-order valence-electron chi connectivity index (χ1n) is 9.71. The van der Waals surface area contributed by atoms with Crippen molar-refractivity contribution >= 4 is 29.6 Å². The number of aromatic nitrogens is 2. The lowest BCUT2D eigenvalue weighted by atomic mass is 10.0. The molecule has 0 bridgehead atoms. The maximum Gasteiger partial charge on any atom is 0.348 e. The highest BCUT2D eigenvalue weighted by atomic mass is 35.5. The number of hydrazine groups is 1. The molecule has 11 heteroatoms. The second-order valence-electron chi connectivity index (χ2n) is 7.70. The average Bonchev–Trinajstić information content (AvgIpc) is 3.53. The minimum absolute atomic E-state index is 0.193. The van der Waals surface area contributed by atoms with Crippen molar-refractivity contribution in [3.63, 3.8) is 0 Å². The number of nitrogens with zero attached hydrogens (tertiary/aromatic N) is 8. The van der Waals surface area contributed by atoms with E-state index in [9.17, 15) is 10.4 Å². The van der Waals surface area contributed by atoms with E-state index in [0.29, 0.717) is 18.7 Å². The van der Waals surface area contributed by atoms with Crippen molar-refractivity contribution in [3.05, 3.63) is 47.7 Å². The molecule has 0 saturated heterocycles. The summed E-state index contributed by atoms with van der Waals surface area (Å²) in [6, 6.07) is 7.98. The van der Waals surface area contributed by atoms with Gasteiger partial charge in [-0.05, 0) is 31.7 Å². The Balaban J connectivity index is 1.43. The van der Waals surface area contributed by atoms with Crippen molar-refractivity contribution in [1.82, 2.24) is 20.0 Å². The number of hydrogen-bond donors (Lipinski definition) is 1. The van der Waals surface area contributed by atoms with E-state index in [1.807, 2.05) is 34.2 Å². The van der Waals surface area contributed by atoms with Crippen molar-refractivity contribution in [1.29, 1.82) is 5.26 Å². The molecule has 0 spiro atoms. The molecule has 4 aliphatic rings. The molecule has 2 unspecified atom stereocenters. The minimum Gasteiger partial charge on any atom is -0.382 e. The number of aliphatic imine (C=N–C) groups is 1. The molecule has 0 radical (unpaired) electrons. The zero-order valence-electron chi connectivity index (χ0n) is 15.8. The predicted molar refractivity (Wildman–Crippen MR) is 106 cm³/mol. The molecule has 3 aliphatic heterocycles. The molecule has 1 aromatic heterocycles. The lowest BCUT2D eigenvalue weighted by Gasteiger charge is -2.42. The summed E-state index contributed by atoms with van der Waals surface area (Å²) in [6.45, 7) is 0. The Morgan fingerprint density at radius 3 is 2.87 bits per heavy atom. The third-order valence-corrected chi connectivity index (χ3v) is 6.41. The summed E-state index contributed by atoms with van der Waals surface area (Å²) in [5, 5.41) is 27.8. The summed E-state index contributed by atoms with van der Waals surface area (Å²) < 4.78 is 5.51. The second-order valence-corrected chi connectivity index (χ2v) is 8.09. The topological polar surface area (TPSA) is 108 Å². The van der Waals surface area contributed by atoms with Gasteiger partial charge in [0, 0.05) is 5.56 Å². The summed E-state index contributed by atoms with van der Waals surface area (Å²) in [4.78, 5) is 12.3. The lowest BCUT2D eigenvalue weighted by molar-refractivity contribution is 0.0328. The van der Waals surface area contributed by atoms with E-state index >= 15 is 0 Å². The average molecular weight is 425 g/mol. The Bertz CT molecular complexity index is 1120. The molecule has 0 amide bonds. The summed E-state index contributed by atoms with van der Waals surface area (Å²) in [6.07, 6.45) is 8.10. The second kappa shape index (κ2) is 6.10. The largest absolute Gasteiger partial charge is 0.382 e. The van der Waals surface area contributed by atoms with Gasteiger partial charge in [-0.3, -0.25) is 4.90 Å². The SMILES string of the molecule is N#CN1C=C2N(c3ccccc3C3N=CN(c4nc(C5(O)CCCC5)no4)N23)C1Cl. The lowest BCUT2D eigenvalue weighted by Crippen LogP contribution is -2.48. The van der Waals surface area contributed by atoms with Gasteiger partial charge in [0.05, 0.1) is 11.9 Å². The first-order valence-corrected chi connectivity index (χ1v) is 10.1. The first kappa shape index (κ1) is 17.6. The monoisotopic (exact) mass is 424 g/mol. The van der Waals surface area contributed by atoms with Crippen LogP contribution in [0.1, 0.15) is 43.2 Å². The van der Waals surface area contributed by atoms with Crippen molar-refractivity contribution < 1.29 is 9.63 Å². The van der Waals surface area contributed by atoms with Crippen LogP contribution in [0, 0.1) is 11.5 Å². The summed E-state index contributed by atoms with van der Waals surface area (Å²) in [5.41, 5.74) is 0.0672. The van der Waals surface area contributed by atoms with E-state index in [1.165, 1.54) is 4.90 Å². The quantitative estimate of drug-likeness (QED) is 0.441. The van der Waals surface area contributed by atoms with Crippen LogP contribution in [0.5, 0.6) is 0 Å². The van der Waals surface area contributed by atoms with Crippen LogP contribution in [0.15, 0.2) is 45.8 Å². The molecule has 2 atom stereocenters. The summed E-state index contributed by atoms with van der Waals surface area (Å²) >= 11 is 6.58. The van der Waals surface area contributed by atoms with Gasteiger partial charge in [0.15, 0.2) is 23.8 Å². The molecule has 2 aromatic rings. The number of anilines is 2.